The first-order chi connectivity index (χ1) is 14.4. The predicted molar refractivity (Wildman–Crippen MR) is 118 cm³/mol. The molecule has 2 nitrogen and oxygen atoms in total. The lowest BCUT2D eigenvalue weighted by atomic mass is 9.42. The lowest BCUT2D eigenvalue weighted by molar-refractivity contribution is -0.182. The van der Waals surface area contributed by atoms with E-state index in [0.29, 0.717) is 35.5 Å². The van der Waals surface area contributed by atoms with E-state index in [1.807, 2.05) is 0 Å². The molecular weight excluding hydrogens is 373 g/mol. The van der Waals surface area contributed by atoms with Gasteiger partial charge in [0.2, 0.25) is 5.91 Å². The van der Waals surface area contributed by atoms with Crippen molar-refractivity contribution in [3.8, 4) is 0 Å². The predicted octanol–water partition coefficient (Wildman–Crippen LogP) is 6.53. The number of halogens is 1. The van der Waals surface area contributed by atoms with Crippen molar-refractivity contribution in [1.29, 1.82) is 0 Å². The summed E-state index contributed by atoms with van der Waals surface area (Å²) in [4.78, 5) is 16.0. The second kappa shape index (κ2) is 6.70. The summed E-state index contributed by atoms with van der Waals surface area (Å²) in [6.07, 6.45) is 15.9. The number of nitrogens with zero attached hydrogens (tertiary/aromatic N) is 1. The van der Waals surface area contributed by atoms with Crippen molar-refractivity contribution in [2.45, 2.75) is 115 Å². The molecule has 0 aromatic heterocycles. The first-order valence-electron chi connectivity index (χ1n) is 13.3. The molecule has 6 aliphatic rings. The molecule has 30 heavy (non-hydrogen) atoms. The Labute approximate surface area is 182 Å². The number of likely N-dealkylation sites (tertiary alicyclic amines) is 1. The molecule has 1 saturated heterocycles. The van der Waals surface area contributed by atoms with E-state index in [-0.39, 0.29) is 11.5 Å². The van der Waals surface area contributed by atoms with Crippen molar-refractivity contribution < 1.29 is 9.18 Å². The van der Waals surface area contributed by atoms with Crippen LogP contribution in [0.25, 0.3) is 0 Å². The van der Waals surface area contributed by atoms with Gasteiger partial charge in [0, 0.05) is 18.0 Å². The van der Waals surface area contributed by atoms with E-state index in [0.717, 1.165) is 37.1 Å². The van der Waals surface area contributed by atoms with Gasteiger partial charge in [-0.2, -0.15) is 0 Å². The molecule has 5 saturated carbocycles. The number of fused-ring (bicyclic) bond motifs is 2. The molecule has 5 aliphatic carbocycles. The molecule has 0 N–H and O–H groups in total. The number of alkyl halides is 1. The minimum Gasteiger partial charge on any atom is -0.337 e. The third-order valence-corrected chi connectivity index (χ3v) is 12.1. The van der Waals surface area contributed by atoms with E-state index in [1.54, 1.807) is 0 Å². The number of hydrogen-bond donors (Lipinski definition) is 0. The fourth-order valence-corrected chi connectivity index (χ4v) is 10.7. The zero-order chi connectivity index (χ0) is 20.7. The van der Waals surface area contributed by atoms with Crippen molar-refractivity contribution in [2.75, 3.05) is 6.54 Å². The average Bonchev–Trinajstić information content (AvgIpc) is 2.87. The van der Waals surface area contributed by atoms with E-state index < -0.39 is 6.17 Å². The summed E-state index contributed by atoms with van der Waals surface area (Å²) in [6.45, 7) is 6.09. The highest BCUT2D eigenvalue weighted by atomic mass is 19.1. The number of carbonyl (C=O) groups is 1. The molecule has 7 atom stereocenters. The third-order valence-electron chi connectivity index (χ3n) is 12.1. The normalized spacial score (nSPS) is 55.0. The Hall–Kier alpha value is -0.600. The maximum Gasteiger partial charge on any atom is 0.226 e. The molecule has 3 heteroatoms. The van der Waals surface area contributed by atoms with E-state index in [9.17, 15) is 9.18 Å². The molecule has 1 aliphatic heterocycles. The maximum absolute atomic E-state index is 13.7. The zero-order valence-electron chi connectivity index (χ0n) is 19.3. The van der Waals surface area contributed by atoms with E-state index in [1.165, 1.54) is 64.2 Å². The third kappa shape index (κ3) is 2.44. The van der Waals surface area contributed by atoms with Crippen molar-refractivity contribution in [3.05, 3.63) is 0 Å². The average molecular weight is 416 g/mol. The number of rotatable bonds is 1. The van der Waals surface area contributed by atoms with Gasteiger partial charge in [0.25, 0.3) is 0 Å². The highest BCUT2D eigenvalue weighted by Crippen LogP contribution is 2.77. The Bertz CT molecular complexity index is 716. The van der Waals surface area contributed by atoms with Gasteiger partial charge in [-0.3, -0.25) is 4.79 Å². The number of carbonyl (C=O) groups excluding carboxylic acids is 1. The van der Waals surface area contributed by atoms with Crippen LogP contribution in [-0.2, 0) is 4.79 Å². The standard InChI is InChI=1S/C27H42FNO/c1-25-13-3-5-19-17-27(25)15-14-26(2)22(23(27)12-11-21(19)25)6-4-16-29(26)24(30)18-7-9-20(28)10-8-18/h18-23H,3-17H2,1-2H3. The summed E-state index contributed by atoms with van der Waals surface area (Å²) in [7, 11) is 0. The number of hydrogen-bond acceptors (Lipinski definition) is 1. The van der Waals surface area contributed by atoms with Crippen molar-refractivity contribution in [1.82, 2.24) is 4.90 Å². The Morgan fingerprint density at radius 2 is 1.60 bits per heavy atom. The molecule has 0 aromatic rings. The second-order valence-electron chi connectivity index (χ2n) is 12.8. The summed E-state index contributed by atoms with van der Waals surface area (Å²) >= 11 is 0. The van der Waals surface area contributed by atoms with Crippen LogP contribution in [0.1, 0.15) is 104 Å². The largest absolute Gasteiger partial charge is 0.337 e. The topological polar surface area (TPSA) is 20.3 Å². The minimum atomic E-state index is -0.675. The van der Waals surface area contributed by atoms with Crippen LogP contribution < -0.4 is 0 Å². The van der Waals surface area contributed by atoms with Crippen LogP contribution in [0.5, 0.6) is 0 Å². The number of amides is 1. The molecule has 6 rings (SSSR count). The molecular formula is C27H42FNO. The summed E-state index contributed by atoms with van der Waals surface area (Å²) in [5.41, 5.74) is 1.20. The monoisotopic (exact) mass is 415 g/mol. The van der Waals surface area contributed by atoms with E-state index >= 15 is 0 Å². The van der Waals surface area contributed by atoms with Gasteiger partial charge in [-0.15, -0.1) is 0 Å². The fraction of sp³-hybridized carbons (Fsp3) is 0.963. The molecule has 0 radical (unpaired) electrons. The Morgan fingerprint density at radius 3 is 2.40 bits per heavy atom. The van der Waals surface area contributed by atoms with Gasteiger partial charge in [0.1, 0.15) is 6.17 Å². The smallest absolute Gasteiger partial charge is 0.226 e. The SMILES string of the molecule is CC12CCC34CC5CCCC3(C)C5CCC4C1CCCN2C(=O)C1CCC(F)CC1. The highest BCUT2D eigenvalue weighted by molar-refractivity contribution is 5.80. The summed E-state index contributed by atoms with van der Waals surface area (Å²) in [5.74, 6) is 3.98. The molecule has 1 heterocycles. The second-order valence-corrected chi connectivity index (χ2v) is 12.8. The van der Waals surface area contributed by atoms with Crippen LogP contribution in [-0.4, -0.2) is 29.1 Å². The Balaban J connectivity index is 1.30. The van der Waals surface area contributed by atoms with Crippen LogP contribution >= 0.6 is 0 Å². The van der Waals surface area contributed by atoms with Crippen LogP contribution in [0.4, 0.5) is 4.39 Å². The van der Waals surface area contributed by atoms with E-state index in [2.05, 4.69) is 18.7 Å². The summed E-state index contributed by atoms with van der Waals surface area (Å²) in [5, 5.41) is 0. The lowest BCUT2D eigenvalue weighted by Crippen LogP contribution is -2.67. The van der Waals surface area contributed by atoms with Crippen LogP contribution in [0.15, 0.2) is 0 Å². The fourth-order valence-electron chi connectivity index (χ4n) is 10.7. The van der Waals surface area contributed by atoms with E-state index in [4.69, 9.17) is 0 Å². The first-order valence-corrected chi connectivity index (χ1v) is 13.3. The molecule has 6 fully saturated rings. The molecule has 1 spiro atoms. The molecule has 168 valence electrons. The Kier molecular flexibility index (Phi) is 4.48. The van der Waals surface area contributed by atoms with Gasteiger partial charge >= 0.3 is 0 Å². The van der Waals surface area contributed by atoms with Crippen molar-refractivity contribution in [3.63, 3.8) is 0 Å². The van der Waals surface area contributed by atoms with Crippen molar-refractivity contribution in [2.24, 2.45) is 40.4 Å². The molecule has 7 unspecified atom stereocenters. The lowest BCUT2D eigenvalue weighted by Gasteiger charge is -2.66. The quantitative estimate of drug-likeness (QED) is 0.477. The Morgan fingerprint density at radius 1 is 0.833 bits per heavy atom. The van der Waals surface area contributed by atoms with Gasteiger partial charge in [-0.25, -0.2) is 4.39 Å². The zero-order valence-corrected chi connectivity index (χ0v) is 19.3. The molecule has 1 amide bonds. The number of piperidine rings is 1. The van der Waals surface area contributed by atoms with Gasteiger partial charge in [-0.1, -0.05) is 19.8 Å². The van der Waals surface area contributed by atoms with Gasteiger partial charge in [0.15, 0.2) is 0 Å². The maximum atomic E-state index is 13.7. The van der Waals surface area contributed by atoms with Crippen molar-refractivity contribution >= 4 is 5.91 Å². The van der Waals surface area contributed by atoms with Gasteiger partial charge in [0.05, 0.1) is 0 Å². The van der Waals surface area contributed by atoms with Crippen LogP contribution in [0.2, 0.25) is 0 Å². The van der Waals surface area contributed by atoms with Crippen LogP contribution in [0, 0.1) is 40.4 Å². The molecule has 0 aromatic carbocycles. The first kappa shape index (κ1) is 20.0. The van der Waals surface area contributed by atoms with Gasteiger partial charge in [-0.05, 0) is 118 Å². The molecule has 4 bridgehead atoms. The minimum absolute atomic E-state index is 0.0533. The summed E-state index contributed by atoms with van der Waals surface area (Å²) in [6, 6.07) is 0. The highest BCUT2D eigenvalue weighted by Gasteiger charge is 2.71. The van der Waals surface area contributed by atoms with Crippen LogP contribution in [0.3, 0.4) is 0 Å². The summed E-state index contributed by atoms with van der Waals surface area (Å²) < 4.78 is 13.7. The van der Waals surface area contributed by atoms with Gasteiger partial charge < -0.3 is 4.90 Å².